The topological polar surface area (TPSA) is 97.4 Å². The monoisotopic (exact) mass is 383 g/mol. The minimum Gasteiger partial charge on any atom is -0.383 e. The Labute approximate surface area is 151 Å². The molecule has 1 atom stereocenters. The van der Waals surface area contributed by atoms with Crippen molar-refractivity contribution >= 4 is 27.3 Å². The van der Waals surface area contributed by atoms with E-state index in [9.17, 15) is 13.2 Å². The molecule has 25 heavy (non-hydrogen) atoms. The molecular weight excluding hydrogens is 362 g/mol. The van der Waals surface area contributed by atoms with Crippen LogP contribution in [0.3, 0.4) is 0 Å². The zero-order chi connectivity index (χ0) is 18.4. The first-order valence-electron chi connectivity index (χ1n) is 7.62. The number of aryl methyl sites for hydroxylation is 1. The highest BCUT2D eigenvalue weighted by Gasteiger charge is 2.17. The molecule has 2 N–H and O–H groups in total. The van der Waals surface area contributed by atoms with Crippen molar-refractivity contribution < 1.29 is 17.9 Å². The maximum absolute atomic E-state index is 12.4. The second-order valence-corrected chi connectivity index (χ2v) is 8.27. The van der Waals surface area contributed by atoms with Gasteiger partial charge in [0.15, 0.2) is 0 Å². The van der Waals surface area contributed by atoms with Crippen LogP contribution in [0, 0.1) is 6.92 Å². The Morgan fingerprint density at radius 2 is 2.16 bits per heavy atom. The number of sulfonamides is 1. The number of carbonyl (C=O) groups is 1. The van der Waals surface area contributed by atoms with E-state index in [1.807, 2.05) is 12.3 Å². The molecule has 2 aromatic rings. The van der Waals surface area contributed by atoms with Crippen LogP contribution < -0.4 is 10.0 Å². The highest BCUT2D eigenvalue weighted by Crippen LogP contribution is 2.14. The van der Waals surface area contributed by atoms with Crippen molar-refractivity contribution in [1.82, 2.24) is 15.0 Å². The molecule has 1 aromatic carbocycles. The Balaban J connectivity index is 2.09. The van der Waals surface area contributed by atoms with E-state index < -0.39 is 10.0 Å². The number of aromatic nitrogens is 1. The van der Waals surface area contributed by atoms with Gasteiger partial charge in [-0.05, 0) is 32.0 Å². The predicted octanol–water partition coefficient (Wildman–Crippen LogP) is 1.69. The van der Waals surface area contributed by atoms with Gasteiger partial charge in [-0.3, -0.25) is 4.79 Å². The number of hydrogen-bond donors (Lipinski definition) is 2. The Bertz CT molecular complexity index is 833. The summed E-state index contributed by atoms with van der Waals surface area (Å²) in [4.78, 5) is 16.5. The number of hydrogen-bond acceptors (Lipinski definition) is 6. The molecular formula is C16H21N3O4S2. The van der Waals surface area contributed by atoms with Crippen molar-refractivity contribution in [2.75, 3.05) is 13.7 Å². The number of carbonyl (C=O) groups excluding carboxylic acids is 1. The summed E-state index contributed by atoms with van der Waals surface area (Å²) in [6.07, 6.45) is 0. The summed E-state index contributed by atoms with van der Waals surface area (Å²) in [5.41, 5.74) is 1.12. The Morgan fingerprint density at radius 3 is 2.80 bits per heavy atom. The third-order valence-corrected chi connectivity index (χ3v) is 5.65. The number of ether oxygens (including phenoxy) is 1. The number of rotatable bonds is 8. The summed E-state index contributed by atoms with van der Waals surface area (Å²) in [5.74, 6) is -0.350. The molecule has 0 aliphatic rings. The molecule has 0 fully saturated rings. The minimum absolute atomic E-state index is 0.0350. The van der Waals surface area contributed by atoms with Gasteiger partial charge in [0.25, 0.3) is 5.91 Å². The third-order valence-electron chi connectivity index (χ3n) is 3.28. The van der Waals surface area contributed by atoms with Crippen molar-refractivity contribution in [1.29, 1.82) is 0 Å². The average Bonchev–Trinajstić information content (AvgIpc) is 2.99. The molecule has 9 heteroatoms. The van der Waals surface area contributed by atoms with E-state index in [1.54, 1.807) is 20.1 Å². The number of nitrogens with one attached hydrogen (secondary N) is 2. The molecule has 0 spiro atoms. The van der Waals surface area contributed by atoms with E-state index in [-0.39, 0.29) is 29.0 Å². The van der Waals surface area contributed by atoms with Gasteiger partial charge in [0.2, 0.25) is 10.0 Å². The van der Waals surface area contributed by atoms with Gasteiger partial charge in [-0.25, -0.2) is 18.1 Å². The molecule has 0 bridgehead atoms. The van der Waals surface area contributed by atoms with E-state index in [0.717, 1.165) is 5.69 Å². The van der Waals surface area contributed by atoms with Crippen LogP contribution in [0.15, 0.2) is 34.5 Å². The first-order chi connectivity index (χ1) is 11.8. The smallest absolute Gasteiger partial charge is 0.251 e. The molecule has 2 rings (SSSR count). The zero-order valence-corrected chi connectivity index (χ0v) is 15.9. The molecule has 0 aliphatic heterocycles. The van der Waals surface area contributed by atoms with E-state index in [2.05, 4.69) is 15.0 Å². The van der Waals surface area contributed by atoms with E-state index >= 15 is 0 Å². The summed E-state index contributed by atoms with van der Waals surface area (Å²) in [6.45, 7) is 4.14. The highest BCUT2D eigenvalue weighted by atomic mass is 32.2. The maximum Gasteiger partial charge on any atom is 0.251 e. The second-order valence-electron chi connectivity index (χ2n) is 5.56. The van der Waals surface area contributed by atoms with Gasteiger partial charge in [0.1, 0.15) is 5.01 Å². The quantitative estimate of drug-likeness (QED) is 0.723. The fourth-order valence-electron chi connectivity index (χ4n) is 2.13. The summed E-state index contributed by atoms with van der Waals surface area (Å²) in [5, 5.41) is 5.29. The average molecular weight is 383 g/mol. The van der Waals surface area contributed by atoms with E-state index in [0.29, 0.717) is 11.6 Å². The summed E-state index contributed by atoms with van der Waals surface area (Å²) in [6, 6.07) is 5.73. The molecule has 1 amide bonds. The zero-order valence-electron chi connectivity index (χ0n) is 14.3. The van der Waals surface area contributed by atoms with Crippen molar-refractivity contribution in [3.8, 4) is 0 Å². The predicted molar refractivity (Wildman–Crippen MR) is 96.1 cm³/mol. The molecule has 0 aliphatic carbocycles. The number of methoxy groups -OCH3 is 1. The first-order valence-corrected chi connectivity index (χ1v) is 9.98. The molecule has 1 unspecified atom stereocenters. The Morgan fingerprint density at radius 1 is 1.40 bits per heavy atom. The Hall–Kier alpha value is -1.81. The number of benzene rings is 1. The molecule has 7 nitrogen and oxygen atoms in total. The van der Waals surface area contributed by atoms with E-state index in [1.165, 1.54) is 29.5 Å². The lowest BCUT2D eigenvalue weighted by Crippen LogP contribution is -2.35. The minimum atomic E-state index is -3.73. The van der Waals surface area contributed by atoms with Crippen molar-refractivity contribution in [2.45, 2.75) is 31.3 Å². The van der Waals surface area contributed by atoms with Crippen LogP contribution >= 0.6 is 11.3 Å². The summed E-state index contributed by atoms with van der Waals surface area (Å²) in [7, 11) is -2.18. The molecule has 136 valence electrons. The van der Waals surface area contributed by atoms with Crippen LogP contribution in [-0.2, 0) is 21.3 Å². The van der Waals surface area contributed by atoms with Crippen LogP contribution in [-0.4, -0.2) is 39.1 Å². The summed E-state index contributed by atoms with van der Waals surface area (Å²) >= 11 is 1.39. The second kappa shape index (κ2) is 8.52. The van der Waals surface area contributed by atoms with Crippen molar-refractivity contribution in [2.24, 2.45) is 0 Å². The van der Waals surface area contributed by atoms with Gasteiger partial charge >= 0.3 is 0 Å². The number of amides is 1. The normalized spacial score (nSPS) is 12.8. The first kappa shape index (κ1) is 19.5. The molecule has 1 heterocycles. The van der Waals surface area contributed by atoms with Gasteiger partial charge in [-0.15, -0.1) is 11.3 Å². The van der Waals surface area contributed by atoms with Gasteiger partial charge in [0, 0.05) is 29.8 Å². The van der Waals surface area contributed by atoms with Gasteiger partial charge < -0.3 is 10.1 Å². The highest BCUT2D eigenvalue weighted by molar-refractivity contribution is 7.89. The van der Waals surface area contributed by atoms with Crippen LogP contribution in [0.2, 0.25) is 0 Å². The SMILES string of the molecule is COCC(C)NC(=O)c1cccc(S(=O)(=O)NCc2nc(C)cs2)c1. The van der Waals surface area contributed by atoms with Gasteiger partial charge in [-0.2, -0.15) is 0 Å². The van der Waals surface area contributed by atoms with Crippen LogP contribution in [0.25, 0.3) is 0 Å². The van der Waals surface area contributed by atoms with Crippen LogP contribution in [0.1, 0.15) is 28.0 Å². The number of thiazole rings is 1. The lowest BCUT2D eigenvalue weighted by molar-refractivity contribution is 0.0905. The molecule has 0 radical (unpaired) electrons. The van der Waals surface area contributed by atoms with Crippen molar-refractivity contribution in [3.05, 3.63) is 45.9 Å². The van der Waals surface area contributed by atoms with Gasteiger partial charge in [-0.1, -0.05) is 6.07 Å². The molecule has 1 aromatic heterocycles. The maximum atomic E-state index is 12.4. The summed E-state index contributed by atoms with van der Waals surface area (Å²) < 4.78 is 32.3. The molecule has 0 saturated carbocycles. The van der Waals surface area contributed by atoms with Crippen molar-refractivity contribution in [3.63, 3.8) is 0 Å². The Kier molecular flexibility index (Phi) is 6.65. The van der Waals surface area contributed by atoms with Gasteiger partial charge in [0.05, 0.1) is 18.0 Å². The van der Waals surface area contributed by atoms with E-state index in [4.69, 9.17) is 4.74 Å². The molecule has 0 saturated heterocycles. The lowest BCUT2D eigenvalue weighted by atomic mass is 10.2. The fraction of sp³-hybridized carbons (Fsp3) is 0.375. The number of nitrogens with zero attached hydrogens (tertiary/aromatic N) is 1. The third kappa shape index (κ3) is 5.60. The standard InChI is InChI=1S/C16H21N3O4S2/c1-11(9-23-3)19-16(20)13-5-4-6-14(7-13)25(21,22)17-8-15-18-12(2)10-24-15/h4-7,10-11,17H,8-9H2,1-3H3,(H,19,20). The fourth-order valence-corrected chi connectivity index (χ4v) is 3.96. The lowest BCUT2D eigenvalue weighted by Gasteiger charge is -2.13. The largest absolute Gasteiger partial charge is 0.383 e. The van der Waals surface area contributed by atoms with Crippen LogP contribution in [0.5, 0.6) is 0 Å². The van der Waals surface area contributed by atoms with Crippen LogP contribution in [0.4, 0.5) is 0 Å².